The topological polar surface area (TPSA) is 24.5 Å². The molecule has 3 heteroatoms. The van der Waals surface area contributed by atoms with Crippen molar-refractivity contribution in [3.63, 3.8) is 0 Å². The lowest BCUT2D eigenvalue weighted by Crippen LogP contribution is -2.50. The number of nitrogens with zero attached hydrogens (tertiary/aromatic N) is 1. The predicted octanol–water partition coefficient (Wildman–Crippen LogP) is 3.47. The summed E-state index contributed by atoms with van der Waals surface area (Å²) >= 11 is 0. The SMILES string of the molecule is CCC(CC)CN(CC)C1COc2ccccc2C1NC. The number of likely N-dealkylation sites (N-methyl/N-ethyl adjacent to an activating group) is 2. The Morgan fingerprint density at radius 3 is 2.57 bits per heavy atom. The smallest absolute Gasteiger partial charge is 0.124 e. The molecular weight excluding hydrogens is 260 g/mol. The van der Waals surface area contributed by atoms with E-state index in [0.29, 0.717) is 12.1 Å². The van der Waals surface area contributed by atoms with Crippen molar-refractivity contribution in [2.45, 2.75) is 45.7 Å². The van der Waals surface area contributed by atoms with Gasteiger partial charge in [-0.05, 0) is 25.6 Å². The fourth-order valence-electron chi connectivity index (χ4n) is 3.39. The maximum Gasteiger partial charge on any atom is 0.124 e. The van der Waals surface area contributed by atoms with E-state index < -0.39 is 0 Å². The maximum absolute atomic E-state index is 6.02. The van der Waals surface area contributed by atoms with Gasteiger partial charge in [-0.3, -0.25) is 4.90 Å². The predicted molar refractivity (Wildman–Crippen MR) is 88.8 cm³/mol. The average molecular weight is 290 g/mol. The van der Waals surface area contributed by atoms with Crippen LogP contribution in [-0.2, 0) is 0 Å². The maximum atomic E-state index is 6.02. The van der Waals surface area contributed by atoms with E-state index in [2.05, 4.69) is 56.2 Å². The highest BCUT2D eigenvalue weighted by Gasteiger charge is 2.33. The van der Waals surface area contributed by atoms with E-state index in [1.165, 1.54) is 18.4 Å². The van der Waals surface area contributed by atoms with Crippen LogP contribution in [0.5, 0.6) is 5.75 Å². The van der Waals surface area contributed by atoms with Crippen LogP contribution in [0.15, 0.2) is 24.3 Å². The van der Waals surface area contributed by atoms with E-state index in [-0.39, 0.29) is 0 Å². The van der Waals surface area contributed by atoms with E-state index in [4.69, 9.17) is 4.74 Å². The van der Waals surface area contributed by atoms with Crippen LogP contribution in [0.25, 0.3) is 0 Å². The minimum absolute atomic E-state index is 0.351. The molecule has 1 heterocycles. The number of nitrogens with one attached hydrogen (secondary N) is 1. The molecule has 2 rings (SSSR count). The summed E-state index contributed by atoms with van der Waals surface area (Å²) in [5, 5.41) is 3.51. The molecule has 21 heavy (non-hydrogen) atoms. The van der Waals surface area contributed by atoms with E-state index in [0.717, 1.165) is 31.4 Å². The van der Waals surface area contributed by atoms with Gasteiger partial charge in [0.15, 0.2) is 0 Å². The lowest BCUT2D eigenvalue weighted by Gasteiger charge is -2.41. The molecule has 3 nitrogen and oxygen atoms in total. The lowest BCUT2D eigenvalue weighted by atomic mass is 9.93. The lowest BCUT2D eigenvalue weighted by molar-refractivity contribution is 0.0777. The van der Waals surface area contributed by atoms with Crippen molar-refractivity contribution >= 4 is 0 Å². The van der Waals surface area contributed by atoms with Crippen molar-refractivity contribution in [2.75, 3.05) is 26.7 Å². The number of hydrogen-bond acceptors (Lipinski definition) is 3. The van der Waals surface area contributed by atoms with Gasteiger partial charge in [-0.25, -0.2) is 0 Å². The molecule has 0 saturated carbocycles. The number of rotatable bonds is 7. The average Bonchev–Trinajstić information content (AvgIpc) is 2.55. The van der Waals surface area contributed by atoms with Crippen molar-refractivity contribution in [1.82, 2.24) is 10.2 Å². The first-order chi connectivity index (χ1) is 10.2. The van der Waals surface area contributed by atoms with Gasteiger partial charge in [-0.15, -0.1) is 0 Å². The molecule has 0 aliphatic carbocycles. The molecule has 1 N–H and O–H groups in total. The molecule has 0 aromatic heterocycles. The number of fused-ring (bicyclic) bond motifs is 1. The summed E-state index contributed by atoms with van der Waals surface area (Å²) in [6, 6.07) is 9.18. The molecule has 0 amide bonds. The highest BCUT2D eigenvalue weighted by molar-refractivity contribution is 5.38. The zero-order chi connectivity index (χ0) is 15.2. The number of ether oxygens (including phenoxy) is 1. The Morgan fingerprint density at radius 1 is 1.24 bits per heavy atom. The van der Waals surface area contributed by atoms with E-state index in [1.807, 2.05) is 6.07 Å². The third-order valence-corrected chi connectivity index (χ3v) is 4.88. The minimum Gasteiger partial charge on any atom is -0.492 e. The van der Waals surface area contributed by atoms with Crippen LogP contribution < -0.4 is 10.1 Å². The Kier molecular flexibility index (Phi) is 6.07. The first-order valence-corrected chi connectivity index (χ1v) is 8.38. The Morgan fingerprint density at radius 2 is 1.95 bits per heavy atom. The van der Waals surface area contributed by atoms with E-state index in [1.54, 1.807) is 0 Å². The zero-order valence-electron chi connectivity index (χ0n) is 13.9. The molecule has 1 aromatic rings. The van der Waals surface area contributed by atoms with Gasteiger partial charge in [0, 0.05) is 12.1 Å². The van der Waals surface area contributed by atoms with Crippen molar-refractivity contribution in [3.05, 3.63) is 29.8 Å². The van der Waals surface area contributed by atoms with Crippen LogP contribution in [0.1, 0.15) is 45.2 Å². The van der Waals surface area contributed by atoms with Gasteiger partial charge in [0.05, 0.1) is 12.1 Å². The van der Waals surface area contributed by atoms with Gasteiger partial charge in [-0.1, -0.05) is 51.8 Å². The van der Waals surface area contributed by atoms with Crippen molar-refractivity contribution < 1.29 is 4.74 Å². The number of hydrogen-bond donors (Lipinski definition) is 1. The first-order valence-electron chi connectivity index (χ1n) is 8.38. The van der Waals surface area contributed by atoms with Crippen LogP contribution in [-0.4, -0.2) is 37.7 Å². The zero-order valence-corrected chi connectivity index (χ0v) is 13.9. The van der Waals surface area contributed by atoms with Gasteiger partial charge in [0.1, 0.15) is 12.4 Å². The van der Waals surface area contributed by atoms with Crippen molar-refractivity contribution in [2.24, 2.45) is 5.92 Å². The molecular formula is C18H30N2O. The molecule has 0 spiro atoms. The Balaban J connectivity index is 2.18. The molecule has 1 aromatic carbocycles. The first kappa shape index (κ1) is 16.3. The number of benzene rings is 1. The quantitative estimate of drug-likeness (QED) is 0.832. The highest BCUT2D eigenvalue weighted by atomic mass is 16.5. The fraction of sp³-hybridized carbons (Fsp3) is 0.667. The van der Waals surface area contributed by atoms with Gasteiger partial charge < -0.3 is 10.1 Å². The summed E-state index contributed by atoms with van der Waals surface area (Å²) in [4.78, 5) is 2.59. The molecule has 0 fully saturated rings. The van der Waals surface area contributed by atoms with Gasteiger partial charge >= 0.3 is 0 Å². The Hall–Kier alpha value is -1.06. The highest BCUT2D eigenvalue weighted by Crippen LogP contribution is 2.34. The van der Waals surface area contributed by atoms with Crippen LogP contribution in [0, 0.1) is 5.92 Å². The second-order valence-corrected chi connectivity index (χ2v) is 5.95. The molecule has 0 radical (unpaired) electrons. The summed E-state index contributed by atoms with van der Waals surface area (Å²) in [6.07, 6.45) is 2.50. The third-order valence-electron chi connectivity index (χ3n) is 4.88. The second kappa shape index (κ2) is 7.81. The third kappa shape index (κ3) is 3.58. The van der Waals surface area contributed by atoms with Gasteiger partial charge in [0.2, 0.25) is 0 Å². The summed E-state index contributed by atoms with van der Waals surface area (Å²) in [5.41, 5.74) is 1.29. The van der Waals surface area contributed by atoms with Crippen molar-refractivity contribution in [1.29, 1.82) is 0 Å². The second-order valence-electron chi connectivity index (χ2n) is 5.95. The summed E-state index contributed by atoms with van der Waals surface area (Å²) < 4.78 is 6.02. The Bertz CT molecular complexity index is 431. The molecule has 118 valence electrons. The fourth-order valence-corrected chi connectivity index (χ4v) is 3.39. The van der Waals surface area contributed by atoms with E-state index in [9.17, 15) is 0 Å². The molecule has 1 aliphatic heterocycles. The summed E-state index contributed by atoms with van der Waals surface area (Å²) in [5.74, 6) is 1.81. The van der Waals surface area contributed by atoms with Crippen LogP contribution in [0.4, 0.5) is 0 Å². The van der Waals surface area contributed by atoms with Crippen LogP contribution in [0.2, 0.25) is 0 Å². The van der Waals surface area contributed by atoms with Crippen LogP contribution in [0.3, 0.4) is 0 Å². The largest absolute Gasteiger partial charge is 0.492 e. The van der Waals surface area contributed by atoms with Gasteiger partial charge in [0.25, 0.3) is 0 Å². The molecule has 2 unspecified atom stereocenters. The standard InChI is InChI=1S/C18H30N2O/c1-5-14(6-2)12-20(7-3)16-13-21-17-11-9-8-10-15(17)18(16)19-4/h8-11,14,16,18-19H,5-7,12-13H2,1-4H3. The van der Waals surface area contributed by atoms with Crippen molar-refractivity contribution in [3.8, 4) is 5.75 Å². The van der Waals surface area contributed by atoms with E-state index >= 15 is 0 Å². The molecule has 0 saturated heterocycles. The molecule has 2 atom stereocenters. The monoisotopic (exact) mass is 290 g/mol. The molecule has 0 bridgehead atoms. The minimum atomic E-state index is 0.351. The van der Waals surface area contributed by atoms with Crippen LogP contribution >= 0.6 is 0 Å². The number of para-hydroxylation sites is 1. The summed E-state index contributed by atoms with van der Waals surface area (Å²) in [6.45, 7) is 9.86. The Labute approximate surface area is 129 Å². The van der Waals surface area contributed by atoms with Gasteiger partial charge in [-0.2, -0.15) is 0 Å². The summed E-state index contributed by atoms with van der Waals surface area (Å²) in [7, 11) is 2.06. The normalized spacial score (nSPS) is 21.4. The molecule has 1 aliphatic rings.